The number of thioether (sulfide) groups is 1. The van der Waals surface area contributed by atoms with Crippen LogP contribution in [0.2, 0.25) is 0 Å². The third-order valence-electron chi connectivity index (χ3n) is 2.48. The van der Waals surface area contributed by atoms with Gasteiger partial charge in [-0.05, 0) is 30.4 Å². The summed E-state index contributed by atoms with van der Waals surface area (Å²) in [6.07, 6.45) is 1.24. The molecule has 1 aliphatic heterocycles. The summed E-state index contributed by atoms with van der Waals surface area (Å²) in [5.41, 5.74) is 1.44. The van der Waals surface area contributed by atoms with Crippen molar-refractivity contribution < 1.29 is 0 Å². The molecule has 2 atom stereocenters. The van der Waals surface area contributed by atoms with E-state index in [0.717, 1.165) is 6.04 Å². The highest BCUT2D eigenvalue weighted by molar-refractivity contribution is 7.99. The van der Waals surface area contributed by atoms with Crippen LogP contribution >= 0.6 is 23.1 Å². The first-order valence-electron chi connectivity index (χ1n) is 4.73. The number of thiophene rings is 1. The molecule has 1 aliphatic rings. The van der Waals surface area contributed by atoms with E-state index in [1.807, 2.05) is 23.1 Å². The van der Waals surface area contributed by atoms with Gasteiger partial charge >= 0.3 is 0 Å². The summed E-state index contributed by atoms with van der Waals surface area (Å²) in [5.74, 6) is 1.26. The van der Waals surface area contributed by atoms with Crippen LogP contribution in [0.3, 0.4) is 0 Å². The third-order valence-corrected chi connectivity index (χ3v) is 5.02. The van der Waals surface area contributed by atoms with Gasteiger partial charge in [-0.15, -0.1) is 23.1 Å². The molecule has 0 bridgehead atoms. The van der Waals surface area contributed by atoms with E-state index in [1.165, 1.54) is 22.6 Å². The number of hydrogen-bond donors (Lipinski definition) is 1. The molecule has 1 N–H and O–H groups in total. The Hall–Kier alpha value is 0.01000. The molecule has 13 heavy (non-hydrogen) atoms. The maximum Gasteiger partial charge on any atom is 0.0888 e. The lowest BCUT2D eigenvalue weighted by atomic mass is 10.2. The van der Waals surface area contributed by atoms with Crippen molar-refractivity contribution in [2.24, 2.45) is 0 Å². The highest BCUT2D eigenvalue weighted by atomic mass is 32.2. The minimum Gasteiger partial charge on any atom is -0.297 e. The van der Waals surface area contributed by atoms with Crippen molar-refractivity contribution in [3.63, 3.8) is 0 Å². The monoisotopic (exact) mass is 213 g/mol. The summed E-state index contributed by atoms with van der Waals surface area (Å²) < 4.78 is 0. The van der Waals surface area contributed by atoms with E-state index in [9.17, 15) is 0 Å². The molecule has 0 amide bonds. The van der Waals surface area contributed by atoms with Crippen molar-refractivity contribution in [1.82, 2.24) is 5.32 Å². The maximum atomic E-state index is 3.66. The second-order valence-corrected chi connectivity index (χ2v) is 5.54. The van der Waals surface area contributed by atoms with E-state index in [4.69, 9.17) is 0 Å². The van der Waals surface area contributed by atoms with Gasteiger partial charge in [0.25, 0.3) is 0 Å². The minimum atomic E-state index is 0.560. The van der Waals surface area contributed by atoms with Crippen LogP contribution in [0, 0.1) is 6.92 Å². The first kappa shape index (κ1) is 9.56. The van der Waals surface area contributed by atoms with Gasteiger partial charge in [0.05, 0.1) is 5.37 Å². The summed E-state index contributed by atoms with van der Waals surface area (Å²) in [6, 6.07) is 2.93. The number of hydrogen-bond acceptors (Lipinski definition) is 3. The molecule has 0 saturated carbocycles. The molecule has 2 rings (SSSR count). The van der Waals surface area contributed by atoms with Crippen molar-refractivity contribution in [3.8, 4) is 0 Å². The van der Waals surface area contributed by atoms with Crippen molar-refractivity contribution in [2.75, 3.05) is 5.75 Å². The van der Waals surface area contributed by atoms with Gasteiger partial charge in [-0.25, -0.2) is 0 Å². The van der Waals surface area contributed by atoms with Gasteiger partial charge < -0.3 is 0 Å². The van der Waals surface area contributed by atoms with E-state index < -0.39 is 0 Å². The molecule has 0 radical (unpaired) electrons. The molecule has 2 unspecified atom stereocenters. The summed E-state index contributed by atoms with van der Waals surface area (Å²) in [6.45, 7) is 4.45. The average Bonchev–Trinajstić information content (AvgIpc) is 2.71. The van der Waals surface area contributed by atoms with Gasteiger partial charge in [0.2, 0.25) is 0 Å². The fourth-order valence-electron chi connectivity index (χ4n) is 1.56. The number of rotatable bonds is 2. The number of nitrogens with one attached hydrogen (secondary N) is 1. The zero-order chi connectivity index (χ0) is 9.26. The summed E-state index contributed by atoms with van der Waals surface area (Å²) in [7, 11) is 0. The molecule has 1 aromatic rings. The fraction of sp³-hybridized carbons (Fsp3) is 0.600. The molecule has 1 saturated heterocycles. The quantitative estimate of drug-likeness (QED) is 0.810. The van der Waals surface area contributed by atoms with Gasteiger partial charge in [-0.3, -0.25) is 5.32 Å². The molecule has 72 valence electrons. The number of aryl methyl sites for hydroxylation is 1. The van der Waals surface area contributed by atoms with Crippen LogP contribution in [-0.4, -0.2) is 11.8 Å². The molecule has 1 fully saturated rings. The lowest BCUT2D eigenvalue weighted by Gasteiger charge is -2.10. The average molecular weight is 213 g/mol. The Morgan fingerprint density at radius 3 is 3.00 bits per heavy atom. The smallest absolute Gasteiger partial charge is 0.0888 e. The van der Waals surface area contributed by atoms with Gasteiger partial charge in [0, 0.05) is 16.7 Å². The molecule has 0 spiro atoms. The molecule has 0 aliphatic carbocycles. The van der Waals surface area contributed by atoms with Crippen molar-refractivity contribution >= 4 is 23.1 Å². The summed E-state index contributed by atoms with van der Waals surface area (Å²) in [5, 5.41) is 6.40. The Labute approximate surface area is 87.9 Å². The predicted octanol–water partition coefficient (Wildman–Crippen LogP) is 3.17. The zero-order valence-corrected chi connectivity index (χ0v) is 9.67. The first-order chi connectivity index (χ1) is 6.31. The van der Waals surface area contributed by atoms with Crippen molar-refractivity contribution in [1.29, 1.82) is 0 Å². The SMILES string of the molecule is CCC1CSC(c2sccc2C)N1. The molecular formula is C10H15NS2. The molecule has 2 heterocycles. The Balaban J connectivity index is 2.08. The lowest BCUT2D eigenvalue weighted by Crippen LogP contribution is -2.24. The minimum absolute atomic E-state index is 0.560. The van der Waals surface area contributed by atoms with Crippen LogP contribution in [0.15, 0.2) is 11.4 Å². The normalized spacial score (nSPS) is 28.2. The Bertz CT molecular complexity index is 282. The van der Waals surface area contributed by atoms with Crippen LogP contribution < -0.4 is 5.32 Å². The molecule has 1 aromatic heterocycles. The molecule has 3 heteroatoms. The third kappa shape index (κ3) is 1.92. The molecule has 1 nitrogen and oxygen atoms in total. The fourth-order valence-corrected chi connectivity index (χ4v) is 4.18. The largest absolute Gasteiger partial charge is 0.297 e. The van der Waals surface area contributed by atoms with E-state index in [2.05, 4.69) is 30.6 Å². The zero-order valence-electron chi connectivity index (χ0n) is 8.04. The van der Waals surface area contributed by atoms with E-state index >= 15 is 0 Å². The van der Waals surface area contributed by atoms with Crippen LogP contribution in [-0.2, 0) is 0 Å². The lowest BCUT2D eigenvalue weighted by molar-refractivity contribution is 0.564. The van der Waals surface area contributed by atoms with Crippen LogP contribution in [0.25, 0.3) is 0 Å². The van der Waals surface area contributed by atoms with Crippen LogP contribution in [0.4, 0.5) is 0 Å². The van der Waals surface area contributed by atoms with Gasteiger partial charge in [0.15, 0.2) is 0 Å². The Morgan fingerprint density at radius 1 is 1.62 bits per heavy atom. The second-order valence-electron chi connectivity index (χ2n) is 3.45. The van der Waals surface area contributed by atoms with Gasteiger partial charge in [-0.2, -0.15) is 0 Å². The molecule has 0 aromatic carbocycles. The van der Waals surface area contributed by atoms with E-state index in [-0.39, 0.29) is 0 Å². The van der Waals surface area contributed by atoms with Gasteiger partial charge in [-0.1, -0.05) is 6.92 Å². The highest BCUT2D eigenvalue weighted by Gasteiger charge is 2.25. The topological polar surface area (TPSA) is 12.0 Å². The summed E-state index contributed by atoms with van der Waals surface area (Å²) >= 11 is 3.92. The standard InChI is InChI=1S/C10H15NS2/c1-3-8-6-13-10(11-8)9-7(2)4-5-12-9/h4-5,8,10-11H,3,6H2,1-2H3. The first-order valence-corrected chi connectivity index (χ1v) is 6.65. The Morgan fingerprint density at radius 2 is 2.46 bits per heavy atom. The van der Waals surface area contributed by atoms with Crippen molar-refractivity contribution in [3.05, 3.63) is 21.9 Å². The van der Waals surface area contributed by atoms with Gasteiger partial charge in [0.1, 0.15) is 0 Å². The second kappa shape index (κ2) is 4.03. The van der Waals surface area contributed by atoms with Crippen LogP contribution in [0.1, 0.15) is 29.2 Å². The molecular weight excluding hydrogens is 198 g/mol. The predicted molar refractivity (Wildman–Crippen MR) is 61.5 cm³/mol. The van der Waals surface area contributed by atoms with E-state index in [1.54, 1.807) is 0 Å². The van der Waals surface area contributed by atoms with Crippen LogP contribution in [0.5, 0.6) is 0 Å². The Kier molecular flexibility index (Phi) is 2.96. The van der Waals surface area contributed by atoms with Crippen molar-refractivity contribution in [2.45, 2.75) is 31.7 Å². The van der Waals surface area contributed by atoms with E-state index in [0.29, 0.717) is 5.37 Å². The summed E-state index contributed by atoms with van der Waals surface area (Å²) in [4.78, 5) is 1.51. The maximum absolute atomic E-state index is 3.66. The highest BCUT2D eigenvalue weighted by Crippen LogP contribution is 2.37.